The Bertz CT molecular complexity index is 1390. The average molecular weight is 600 g/mol. The fourth-order valence-electron chi connectivity index (χ4n) is 5.11. The highest BCUT2D eigenvalue weighted by atomic mass is 35.5. The van der Waals surface area contributed by atoms with Crippen LogP contribution in [0.4, 0.5) is 4.39 Å². The number of benzene rings is 2. The van der Waals surface area contributed by atoms with Gasteiger partial charge in [0.15, 0.2) is 15.4 Å². The van der Waals surface area contributed by atoms with Crippen molar-refractivity contribution in [2.24, 2.45) is 11.7 Å². The predicted molar refractivity (Wildman–Crippen MR) is 149 cm³/mol. The maximum absolute atomic E-state index is 14.8. The van der Waals surface area contributed by atoms with Gasteiger partial charge in [0.1, 0.15) is 11.9 Å². The molecule has 0 aromatic heterocycles. The van der Waals surface area contributed by atoms with E-state index in [1.807, 2.05) is 0 Å². The third kappa shape index (κ3) is 6.11. The van der Waals surface area contributed by atoms with Crippen molar-refractivity contribution >= 4 is 44.9 Å². The number of sulfone groups is 1. The van der Waals surface area contributed by atoms with Crippen LogP contribution in [0, 0.1) is 11.7 Å². The molecule has 1 aliphatic heterocycles. The van der Waals surface area contributed by atoms with E-state index in [1.165, 1.54) is 24.0 Å². The largest absolute Gasteiger partial charge is 0.370 e. The van der Waals surface area contributed by atoms with Gasteiger partial charge in [-0.05, 0) is 81.8 Å². The molecule has 0 bridgehead atoms. The van der Waals surface area contributed by atoms with Crippen molar-refractivity contribution < 1.29 is 27.1 Å². The fourth-order valence-corrected chi connectivity index (χ4v) is 6.81. The number of hydrogen-bond acceptors (Lipinski definition) is 5. The summed E-state index contributed by atoms with van der Waals surface area (Å²) in [5.41, 5.74) is 4.79. The molecule has 0 spiro atoms. The first-order chi connectivity index (χ1) is 18.0. The highest BCUT2D eigenvalue weighted by Crippen LogP contribution is 2.51. The maximum Gasteiger partial charge on any atom is 0.256 e. The smallest absolute Gasteiger partial charge is 0.256 e. The molecule has 1 saturated carbocycles. The lowest BCUT2D eigenvalue weighted by Crippen LogP contribution is -2.62. The molecule has 7 nitrogen and oxygen atoms in total. The number of carbonyl (C=O) groups excluding carboxylic acids is 2. The van der Waals surface area contributed by atoms with Crippen LogP contribution in [0.2, 0.25) is 10.0 Å². The van der Waals surface area contributed by atoms with E-state index < -0.39 is 62.4 Å². The molecule has 1 saturated heterocycles. The van der Waals surface area contributed by atoms with Gasteiger partial charge in [0, 0.05) is 11.1 Å². The molecule has 2 N–H and O–H groups in total. The van der Waals surface area contributed by atoms with Gasteiger partial charge in [-0.2, -0.15) is 0 Å². The second-order valence-electron chi connectivity index (χ2n) is 11.6. The van der Waals surface area contributed by atoms with Crippen molar-refractivity contribution in [3.8, 4) is 0 Å². The Morgan fingerprint density at radius 1 is 1.18 bits per heavy atom. The van der Waals surface area contributed by atoms with Crippen LogP contribution >= 0.6 is 23.2 Å². The normalized spacial score (nSPS) is 25.0. The first-order valence-electron chi connectivity index (χ1n) is 12.8. The third-order valence-electron chi connectivity index (χ3n) is 7.48. The molecule has 11 heteroatoms. The Morgan fingerprint density at radius 2 is 1.85 bits per heavy atom. The first-order valence-corrected chi connectivity index (χ1v) is 15.2. The van der Waals surface area contributed by atoms with Crippen LogP contribution in [0.5, 0.6) is 0 Å². The number of nitrogens with two attached hydrogens (primary N) is 1. The predicted octanol–water partition coefficient (Wildman–Crippen LogP) is 5.40. The highest BCUT2D eigenvalue weighted by Gasteiger charge is 2.56. The quantitative estimate of drug-likeness (QED) is 0.438. The average Bonchev–Trinajstić information content (AvgIpc) is 3.65. The summed E-state index contributed by atoms with van der Waals surface area (Å²) in [6, 6.07) is 9.35. The second kappa shape index (κ2) is 10.7. The van der Waals surface area contributed by atoms with Gasteiger partial charge in [0.05, 0.1) is 28.0 Å². The fraction of sp³-hybridized carbons (Fsp3) is 0.500. The van der Waals surface area contributed by atoms with Gasteiger partial charge in [0.2, 0.25) is 5.91 Å². The van der Waals surface area contributed by atoms with Crippen molar-refractivity contribution in [2.45, 2.75) is 75.5 Å². The minimum absolute atomic E-state index is 0.0957. The van der Waals surface area contributed by atoms with Gasteiger partial charge in [-0.3, -0.25) is 9.59 Å². The summed E-state index contributed by atoms with van der Waals surface area (Å²) in [6.45, 7) is 6.33. The van der Waals surface area contributed by atoms with Crippen molar-refractivity contribution in [1.82, 2.24) is 4.90 Å². The summed E-state index contributed by atoms with van der Waals surface area (Å²) >= 11 is 12.3. The van der Waals surface area contributed by atoms with Crippen LogP contribution in [-0.4, -0.2) is 47.3 Å². The molecule has 4 atom stereocenters. The van der Waals surface area contributed by atoms with Gasteiger partial charge in [0.25, 0.3) is 5.91 Å². The number of nitrogens with zero attached hydrogens (tertiary/aromatic N) is 1. The zero-order chi connectivity index (χ0) is 28.9. The Morgan fingerprint density at radius 3 is 2.38 bits per heavy atom. The molecule has 4 rings (SSSR count). The van der Waals surface area contributed by atoms with Gasteiger partial charge in [-0.15, -0.1) is 0 Å². The van der Waals surface area contributed by atoms with Gasteiger partial charge in [-0.1, -0.05) is 41.4 Å². The molecule has 1 aliphatic carbocycles. The van der Waals surface area contributed by atoms with Crippen molar-refractivity contribution in [3.05, 3.63) is 69.5 Å². The lowest BCUT2D eigenvalue weighted by molar-refractivity contribution is -0.204. The summed E-state index contributed by atoms with van der Waals surface area (Å²) in [7, 11) is -3.69. The van der Waals surface area contributed by atoms with Crippen LogP contribution < -0.4 is 5.73 Å². The van der Waals surface area contributed by atoms with Gasteiger partial charge < -0.3 is 15.4 Å². The van der Waals surface area contributed by atoms with Gasteiger partial charge in [-0.25, -0.2) is 12.8 Å². The van der Waals surface area contributed by atoms with Crippen molar-refractivity contribution in [3.63, 3.8) is 0 Å². The van der Waals surface area contributed by atoms with Crippen molar-refractivity contribution in [2.75, 3.05) is 5.75 Å². The van der Waals surface area contributed by atoms with Crippen molar-refractivity contribution in [1.29, 1.82) is 0 Å². The van der Waals surface area contributed by atoms with E-state index in [0.29, 0.717) is 16.1 Å². The minimum atomic E-state index is -3.69. The summed E-state index contributed by atoms with van der Waals surface area (Å²) in [4.78, 5) is 27.9. The SMILES string of the molecule is CC(C)(C)S(=O)(=O)C[C@H](C1CC1)N1C(=O)[C@@](C)(CC(N)=O)O[C@H](c2cccc(Cl)c2)[C@H]1c1ccc(Cl)c(F)c1. The molecule has 2 amide bonds. The highest BCUT2D eigenvalue weighted by molar-refractivity contribution is 7.92. The molecule has 0 unspecified atom stereocenters. The summed E-state index contributed by atoms with van der Waals surface area (Å²) in [5, 5.41) is 0.312. The standard InChI is InChI=1S/C28H33Cl2FN2O5S/c1-27(2,3)39(36,37)15-22(16-8-9-16)33-24(17-10-11-20(30)21(31)13-17)25(18-6-5-7-19(29)12-18)38-28(4,26(33)35)14-23(32)34/h5-7,10-13,16,22,24-25H,8-9,14-15H2,1-4H3,(H2,32,34)/t22-,24-,25-,28-/m1/s1. The van der Waals surface area contributed by atoms with E-state index in [4.69, 9.17) is 33.7 Å². The lowest BCUT2D eigenvalue weighted by atomic mass is 9.85. The molecule has 1 heterocycles. The minimum Gasteiger partial charge on any atom is -0.370 e. The van der Waals surface area contributed by atoms with Crippen LogP contribution in [0.1, 0.15) is 70.2 Å². The lowest BCUT2D eigenvalue weighted by Gasteiger charge is -2.52. The Balaban J connectivity index is 1.97. The number of morpholine rings is 1. The molecule has 2 aromatic rings. The van der Waals surface area contributed by atoms with Crippen LogP contribution in [0.25, 0.3) is 0 Å². The second-order valence-corrected chi connectivity index (χ2v) is 15.2. The summed E-state index contributed by atoms with van der Waals surface area (Å²) in [5.74, 6) is -2.42. The molecule has 39 heavy (non-hydrogen) atoms. The monoisotopic (exact) mass is 598 g/mol. The number of halogens is 3. The molecule has 2 aliphatic rings. The molecule has 212 valence electrons. The molecule has 0 radical (unpaired) electrons. The van der Waals surface area contributed by atoms with E-state index in [-0.39, 0.29) is 16.7 Å². The number of rotatable bonds is 8. The summed E-state index contributed by atoms with van der Waals surface area (Å²) < 4.78 is 47.1. The molecule has 2 aromatic carbocycles. The Kier molecular flexibility index (Phi) is 8.13. The van der Waals surface area contributed by atoms with E-state index in [1.54, 1.807) is 51.1 Å². The first kappa shape index (κ1) is 29.8. The van der Waals surface area contributed by atoms with Crippen LogP contribution in [0.3, 0.4) is 0 Å². The van der Waals surface area contributed by atoms with E-state index >= 15 is 0 Å². The number of primary amides is 1. The van der Waals surface area contributed by atoms with Crippen LogP contribution in [-0.2, 0) is 24.2 Å². The number of carbonyl (C=O) groups is 2. The Labute approximate surface area is 238 Å². The van der Waals surface area contributed by atoms with E-state index in [2.05, 4.69) is 0 Å². The van der Waals surface area contributed by atoms with Gasteiger partial charge >= 0.3 is 0 Å². The summed E-state index contributed by atoms with van der Waals surface area (Å²) in [6.07, 6.45) is 0.102. The zero-order valence-electron chi connectivity index (χ0n) is 22.3. The number of hydrogen-bond donors (Lipinski definition) is 1. The molecular weight excluding hydrogens is 566 g/mol. The number of ether oxygens (including phenoxy) is 1. The molecular formula is C28H33Cl2FN2O5S. The number of amides is 2. The van der Waals surface area contributed by atoms with E-state index in [0.717, 1.165) is 12.8 Å². The molecule has 2 fully saturated rings. The topological polar surface area (TPSA) is 107 Å². The van der Waals surface area contributed by atoms with Crippen LogP contribution in [0.15, 0.2) is 42.5 Å². The zero-order valence-corrected chi connectivity index (χ0v) is 24.6. The maximum atomic E-state index is 14.8. The Hall–Kier alpha value is -2.20. The van der Waals surface area contributed by atoms with E-state index in [9.17, 15) is 22.4 Å². The third-order valence-corrected chi connectivity index (χ3v) is 10.7.